The van der Waals surface area contributed by atoms with Gasteiger partial charge in [0.1, 0.15) is 0 Å². The number of hydrogen-bond acceptors (Lipinski definition) is 1. The molecule has 0 fully saturated rings. The van der Waals surface area contributed by atoms with Crippen molar-refractivity contribution in [1.82, 2.24) is 4.90 Å². The van der Waals surface area contributed by atoms with Crippen LogP contribution in [0.25, 0.3) is 0 Å². The molecule has 0 saturated carbocycles. The third kappa shape index (κ3) is 6.11. The molecule has 0 aromatic heterocycles. The molecule has 0 aliphatic heterocycles. The predicted molar refractivity (Wildman–Crippen MR) is 51.8 cm³/mol. The molecular weight excluding hydrogens is 134 g/mol. The molecule has 0 aromatic rings. The van der Waals surface area contributed by atoms with Crippen molar-refractivity contribution in [3.63, 3.8) is 0 Å². The van der Waals surface area contributed by atoms with Crippen molar-refractivity contribution < 1.29 is 0 Å². The molecule has 0 spiro atoms. The first-order valence-corrected chi connectivity index (χ1v) is 4.34. The van der Waals surface area contributed by atoms with E-state index in [4.69, 9.17) is 0 Å². The van der Waals surface area contributed by atoms with E-state index in [0.717, 1.165) is 0 Å². The Bertz CT molecular complexity index is 121. The second kappa shape index (κ2) is 5.36. The molecule has 0 rings (SSSR count). The maximum Gasteiger partial charge on any atom is 0.00637 e. The van der Waals surface area contributed by atoms with Gasteiger partial charge in [0, 0.05) is 6.04 Å². The van der Waals surface area contributed by atoms with Crippen molar-refractivity contribution in [1.29, 1.82) is 0 Å². The fourth-order valence-electron chi connectivity index (χ4n) is 0.871. The molecule has 0 unspecified atom stereocenters. The molecule has 0 aliphatic rings. The molecule has 1 atom stereocenters. The highest BCUT2D eigenvalue weighted by molar-refractivity contribution is 4.93. The molecule has 0 aliphatic carbocycles. The molecular formula is C10H21N. The highest BCUT2D eigenvalue weighted by Crippen LogP contribution is 2.04. The van der Waals surface area contributed by atoms with E-state index in [0.29, 0.717) is 6.04 Å². The second-order valence-electron chi connectivity index (χ2n) is 3.67. The third-order valence-corrected chi connectivity index (χ3v) is 2.02. The standard InChI is InChI=1S/C10H21N/c1-9(2)7-6-8-10(3)11(4)5/h7,10H,6,8H2,1-5H3/t10-/m1/s1. The maximum atomic E-state index is 2.31. The zero-order chi connectivity index (χ0) is 8.85. The Morgan fingerprint density at radius 1 is 1.36 bits per heavy atom. The molecule has 1 nitrogen and oxygen atoms in total. The van der Waals surface area contributed by atoms with Crippen molar-refractivity contribution in [3.05, 3.63) is 11.6 Å². The number of nitrogens with zero attached hydrogens (tertiary/aromatic N) is 1. The zero-order valence-corrected chi connectivity index (χ0v) is 8.52. The van der Waals surface area contributed by atoms with Crippen molar-refractivity contribution >= 4 is 0 Å². The maximum absolute atomic E-state index is 2.31. The molecule has 0 N–H and O–H groups in total. The Morgan fingerprint density at radius 2 is 1.91 bits per heavy atom. The van der Waals surface area contributed by atoms with E-state index in [-0.39, 0.29) is 0 Å². The van der Waals surface area contributed by atoms with Crippen LogP contribution in [0, 0.1) is 0 Å². The van der Waals surface area contributed by atoms with Crippen LogP contribution in [-0.4, -0.2) is 25.0 Å². The molecule has 0 heterocycles. The number of hydrogen-bond donors (Lipinski definition) is 0. The summed E-state index contributed by atoms with van der Waals surface area (Å²) in [6, 6.07) is 0.700. The molecule has 11 heavy (non-hydrogen) atoms. The fraction of sp³-hybridized carbons (Fsp3) is 0.800. The highest BCUT2D eigenvalue weighted by Gasteiger charge is 2.01. The molecule has 1 heteroatoms. The van der Waals surface area contributed by atoms with Gasteiger partial charge in [-0.3, -0.25) is 0 Å². The average Bonchev–Trinajstić information content (AvgIpc) is 1.86. The summed E-state index contributed by atoms with van der Waals surface area (Å²) in [6.07, 6.45) is 4.78. The van der Waals surface area contributed by atoms with E-state index in [1.807, 2.05) is 0 Å². The van der Waals surface area contributed by atoms with Crippen molar-refractivity contribution in [2.75, 3.05) is 14.1 Å². The van der Waals surface area contributed by atoms with Gasteiger partial charge in [-0.15, -0.1) is 0 Å². The van der Waals surface area contributed by atoms with Gasteiger partial charge >= 0.3 is 0 Å². The van der Waals surface area contributed by atoms with Gasteiger partial charge in [-0.1, -0.05) is 11.6 Å². The summed E-state index contributed by atoms with van der Waals surface area (Å²) in [6.45, 7) is 6.57. The molecule has 0 aromatic carbocycles. The Kier molecular flexibility index (Phi) is 5.22. The summed E-state index contributed by atoms with van der Waals surface area (Å²) in [5.74, 6) is 0. The number of allylic oxidation sites excluding steroid dienone is 2. The van der Waals surface area contributed by atoms with Gasteiger partial charge in [-0.05, 0) is 47.7 Å². The minimum atomic E-state index is 0.700. The van der Waals surface area contributed by atoms with Gasteiger partial charge in [0.2, 0.25) is 0 Å². The lowest BCUT2D eigenvalue weighted by atomic mass is 10.1. The Balaban J connectivity index is 3.47. The molecule has 0 bridgehead atoms. The van der Waals surface area contributed by atoms with Gasteiger partial charge in [0.25, 0.3) is 0 Å². The first-order valence-electron chi connectivity index (χ1n) is 4.34. The quantitative estimate of drug-likeness (QED) is 0.564. The van der Waals surface area contributed by atoms with E-state index in [1.165, 1.54) is 18.4 Å². The third-order valence-electron chi connectivity index (χ3n) is 2.02. The van der Waals surface area contributed by atoms with Gasteiger partial charge < -0.3 is 4.90 Å². The molecule has 0 radical (unpaired) electrons. The SMILES string of the molecule is CC(C)=CCC[C@@H](C)N(C)C. The first kappa shape index (κ1) is 10.7. The Labute approximate surface area is 71.1 Å². The first-order chi connectivity index (χ1) is 5.04. The normalized spacial score (nSPS) is 13.3. The van der Waals surface area contributed by atoms with Crippen LogP contribution < -0.4 is 0 Å². The van der Waals surface area contributed by atoms with Gasteiger partial charge in [-0.25, -0.2) is 0 Å². The summed E-state index contributed by atoms with van der Waals surface area (Å²) >= 11 is 0. The number of rotatable bonds is 4. The van der Waals surface area contributed by atoms with Crippen LogP contribution >= 0.6 is 0 Å². The largest absolute Gasteiger partial charge is 0.307 e. The van der Waals surface area contributed by atoms with Gasteiger partial charge in [0.15, 0.2) is 0 Å². The van der Waals surface area contributed by atoms with Crippen molar-refractivity contribution in [2.24, 2.45) is 0 Å². The lowest BCUT2D eigenvalue weighted by Crippen LogP contribution is -2.24. The van der Waals surface area contributed by atoms with Crippen molar-refractivity contribution in [3.8, 4) is 0 Å². The lowest BCUT2D eigenvalue weighted by Gasteiger charge is -2.18. The van der Waals surface area contributed by atoms with Crippen LogP contribution in [0.2, 0.25) is 0 Å². The summed E-state index contributed by atoms with van der Waals surface area (Å²) < 4.78 is 0. The molecule has 0 saturated heterocycles. The second-order valence-corrected chi connectivity index (χ2v) is 3.67. The van der Waals surface area contributed by atoms with Crippen LogP contribution in [0.3, 0.4) is 0 Å². The lowest BCUT2D eigenvalue weighted by molar-refractivity contribution is 0.300. The van der Waals surface area contributed by atoms with E-state index in [9.17, 15) is 0 Å². The Hall–Kier alpha value is -0.300. The van der Waals surface area contributed by atoms with E-state index in [1.54, 1.807) is 0 Å². The summed E-state index contributed by atoms with van der Waals surface area (Å²) in [5.41, 5.74) is 1.43. The fourth-order valence-corrected chi connectivity index (χ4v) is 0.871. The monoisotopic (exact) mass is 155 g/mol. The van der Waals surface area contributed by atoms with E-state index >= 15 is 0 Å². The molecule has 66 valence electrons. The smallest absolute Gasteiger partial charge is 0.00637 e. The minimum absolute atomic E-state index is 0.700. The highest BCUT2D eigenvalue weighted by atomic mass is 15.1. The van der Waals surface area contributed by atoms with E-state index < -0.39 is 0 Å². The van der Waals surface area contributed by atoms with E-state index in [2.05, 4.69) is 45.8 Å². The van der Waals surface area contributed by atoms with Crippen LogP contribution in [0.5, 0.6) is 0 Å². The zero-order valence-electron chi connectivity index (χ0n) is 8.52. The van der Waals surface area contributed by atoms with Crippen molar-refractivity contribution in [2.45, 2.75) is 39.7 Å². The van der Waals surface area contributed by atoms with Crippen LogP contribution in [0.4, 0.5) is 0 Å². The minimum Gasteiger partial charge on any atom is -0.307 e. The Morgan fingerprint density at radius 3 is 2.27 bits per heavy atom. The average molecular weight is 155 g/mol. The summed E-state index contributed by atoms with van der Waals surface area (Å²) in [7, 11) is 4.26. The van der Waals surface area contributed by atoms with Gasteiger partial charge in [0.05, 0.1) is 0 Å². The van der Waals surface area contributed by atoms with Crippen LogP contribution in [-0.2, 0) is 0 Å². The molecule has 0 amide bonds. The topological polar surface area (TPSA) is 3.24 Å². The van der Waals surface area contributed by atoms with Gasteiger partial charge in [-0.2, -0.15) is 0 Å². The van der Waals surface area contributed by atoms with Crippen LogP contribution in [0.15, 0.2) is 11.6 Å². The predicted octanol–water partition coefficient (Wildman–Crippen LogP) is 2.68. The summed E-state index contributed by atoms with van der Waals surface area (Å²) in [4.78, 5) is 2.26. The van der Waals surface area contributed by atoms with Crippen LogP contribution in [0.1, 0.15) is 33.6 Å². The summed E-state index contributed by atoms with van der Waals surface area (Å²) in [5, 5.41) is 0.